The van der Waals surface area contributed by atoms with Crippen molar-refractivity contribution in [2.75, 3.05) is 13.2 Å². The maximum atomic E-state index is 13.3. The van der Waals surface area contributed by atoms with E-state index in [1.165, 1.54) is 0 Å². The second kappa shape index (κ2) is 6.37. The van der Waals surface area contributed by atoms with Crippen molar-refractivity contribution in [2.24, 2.45) is 0 Å². The van der Waals surface area contributed by atoms with Gasteiger partial charge in [-0.05, 0) is 42.8 Å². The Kier molecular flexibility index (Phi) is 4.42. The highest BCUT2D eigenvalue weighted by molar-refractivity contribution is 7.89. The van der Waals surface area contributed by atoms with Crippen LogP contribution in [-0.2, 0) is 10.0 Å². The van der Waals surface area contributed by atoms with Crippen molar-refractivity contribution in [3.8, 4) is 11.5 Å². The lowest BCUT2D eigenvalue weighted by molar-refractivity contribution is 0.171. The molecule has 1 atom stereocenters. The molecule has 0 saturated carbocycles. The van der Waals surface area contributed by atoms with Gasteiger partial charge in [-0.15, -0.1) is 0 Å². The first-order chi connectivity index (χ1) is 11.4. The molecule has 2 aromatic rings. The number of halogens is 2. The molecule has 8 heteroatoms. The Morgan fingerprint density at radius 3 is 2.42 bits per heavy atom. The van der Waals surface area contributed by atoms with Crippen LogP contribution in [0, 0.1) is 11.6 Å². The Hall–Kier alpha value is -2.19. The first-order valence-electron chi connectivity index (χ1n) is 7.24. The summed E-state index contributed by atoms with van der Waals surface area (Å²) in [5, 5.41) is 0. The molecule has 0 aliphatic carbocycles. The van der Waals surface area contributed by atoms with Crippen LogP contribution in [0.15, 0.2) is 41.3 Å². The summed E-state index contributed by atoms with van der Waals surface area (Å²) in [5.41, 5.74) is 0.658. The molecular formula is C16H15F2NO4S. The quantitative estimate of drug-likeness (QED) is 0.916. The first kappa shape index (κ1) is 16.7. The lowest BCUT2D eigenvalue weighted by Gasteiger charge is -2.21. The fourth-order valence-corrected chi connectivity index (χ4v) is 3.59. The van der Waals surface area contributed by atoms with Crippen LogP contribution in [-0.4, -0.2) is 21.6 Å². The summed E-state index contributed by atoms with van der Waals surface area (Å²) in [7, 11) is -4.00. The molecule has 0 aromatic heterocycles. The van der Waals surface area contributed by atoms with Gasteiger partial charge in [0.25, 0.3) is 0 Å². The largest absolute Gasteiger partial charge is 0.486 e. The third-order valence-corrected chi connectivity index (χ3v) is 5.14. The number of hydrogen-bond acceptors (Lipinski definition) is 4. The zero-order chi connectivity index (χ0) is 17.3. The van der Waals surface area contributed by atoms with Crippen LogP contribution in [0.3, 0.4) is 0 Å². The number of nitrogens with one attached hydrogen (secondary N) is 1. The van der Waals surface area contributed by atoms with E-state index in [0.717, 1.165) is 12.1 Å². The number of rotatable bonds is 4. The van der Waals surface area contributed by atoms with Crippen molar-refractivity contribution in [2.45, 2.75) is 17.9 Å². The van der Waals surface area contributed by atoms with Gasteiger partial charge in [0.05, 0.1) is 4.90 Å². The zero-order valence-electron chi connectivity index (χ0n) is 12.8. The van der Waals surface area contributed by atoms with Crippen LogP contribution >= 0.6 is 0 Å². The highest BCUT2D eigenvalue weighted by Crippen LogP contribution is 2.33. The Morgan fingerprint density at radius 2 is 1.71 bits per heavy atom. The van der Waals surface area contributed by atoms with E-state index in [0.29, 0.717) is 36.3 Å². The number of hydrogen-bond donors (Lipinski definition) is 1. The van der Waals surface area contributed by atoms with Gasteiger partial charge >= 0.3 is 0 Å². The summed E-state index contributed by atoms with van der Waals surface area (Å²) >= 11 is 0. The normalized spacial score (nSPS) is 15.1. The van der Waals surface area contributed by atoms with Crippen LogP contribution in [0.2, 0.25) is 0 Å². The topological polar surface area (TPSA) is 64.6 Å². The van der Waals surface area contributed by atoms with Gasteiger partial charge in [0.2, 0.25) is 10.0 Å². The third-order valence-electron chi connectivity index (χ3n) is 3.60. The van der Waals surface area contributed by atoms with Gasteiger partial charge in [0, 0.05) is 6.04 Å². The molecule has 128 valence electrons. The van der Waals surface area contributed by atoms with Crippen molar-refractivity contribution < 1.29 is 26.7 Å². The fraction of sp³-hybridized carbons (Fsp3) is 0.250. The van der Waals surface area contributed by atoms with Crippen molar-refractivity contribution in [1.29, 1.82) is 0 Å². The number of ether oxygens (including phenoxy) is 2. The minimum Gasteiger partial charge on any atom is -0.486 e. The summed E-state index contributed by atoms with van der Waals surface area (Å²) in [6.07, 6.45) is 0. The van der Waals surface area contributed by atoms with Crippen molar-refractivity contribution >= 4 is 10.0 Å². The molecule has 2 aromatic carbocycles. The van der Waals surface area contributed by atoms with E-state index >= 15 is 0 Å². The van der Waals surface area contributed by atoms with E-state index in [4.69, 9.17) is 9.47 Å². The van der Waals surface area contributed by atoms with Crippen LogP contribution in [0.25, 0.3) is 0 Å². The van der Waals surface area contributed by atoms with Gasteiger partial charge in [-0.1, -0.05) is 6.07 Å². The van der Waals surface area contributed by atoms with E-state index in [9.17, 15) is 17.2 Å². The van der Waals surface area contributed by atoms with Crippen LogP contribution in [0.5, 0.6) is 11.5 Å². The lowest BCUT2D eigenvalue weighted by Crippen LogP contribution is -2.27. The molecule has 3 rings (SSSR count). The molecule has 1 heterocycles. The maximum absolute atomic E-state index is 13.3. The van der Waals surface area contributed by atoms with Gasteiger partial charge in [-0.3, -0.25) is 0 Å². The molecule has 0 saturated heterocycles. The predicted molar refractivity (Wildman–Crippen MR) is 82.5 cm³/mol. The smallest absolute Gasteiger partial charge is 0.241 e. The minimum absolute atomic E-state index is 0.342. The molecule has 1 N–H and O–H groups in total. The second-order valence-corrected chi connectivity index (χ2v) is 7.04. The highest BCUT2D eigenvalue weighted by Gasteiger charge is 2.21. The second-order valence-electron chi connectivity index (χ2n) is 5.32. The Bertz CT molecular complexity index is 870. The SMILES string of the molecule is C[C@@H](NS(=O)(=O)c1ccc(F)c(F)c1)c1ccc2c(c1)OCCO2. The standard InChI is InChI=1S/C16H15F2NO4S/c1-10(11-2-5-15-16(8-11)23-7-6-22-15)19-24(20,21)12-3-4-13(17)14(18)9-12/h2-5,8-10,19H,6-7H2,1H3/t10-/m1/s1. The number of benzene rings is 2. The molecule has 5 nitrogen and oxygen atoms in total. The summed E-state index contributed by atoms with van der Waals surface area (Å²) < 4.78 is 64.1. The van der Waals surface area contributed by atoms with E-state index in [1.807, 2.05) is 0 Å². The Morgan fingerprint density at radius 1 is 1.00 bits per heavy atom. The van der Waals surface area contributed by atoms with Gasteiger partial charge in [-0.2, -0.15) is 0 Å². The van der Waals surface area contributed by atoms with Crippen molar-refractivity contribution in [3.05, 3.63) is 53.6 Å². The van der Waals surface area contributed by atoms with Crippen LogP contribution in [0.4, 0.5) is 8.78 Å². The van der Waals surface area contributed by atoms with E-state index in [-0.39, 0.29) is 4.90 Å². The monoisotopic (exact) mass is 355 g/mol. The van der Waals surface area contributed by atoms with Crippen LogP contribution < -0.4 is 14.2 Å². The maximum Gasteiger partial charge on any atom is 0.241 e. The summed E-state index contributed by atoms with van der Waals surface area (Å²) in [6, 6.07) is 6.94. The van der Waals surface area contributed by atoms with Gasteiger partial charge in [-0.25, -0.2) is 21.9 Å². The van der Waals surface area contributed by atoms with E-state index < -0.39 is 27.7 Å². The third kappa shape index (κ3) is 3.34. The van der Waals surface area contributed by atoms with Crippen LogP contribution in [0.1, 0.15) is 18.5 Å². The molecule has 0 amide bonds. The summed E-state index contributed by atoms with van der Waals surface area (Å²) in [4.78, 5) is -0.342. The summed E-state index contributed by atoms with van der Waals surface area (Å²) in [6.45, 7) is 2.53. The lowest BCUT2D eigenvalue weighted by atomic mass is 10.1. The molecule has 0 unspecified atom stereocenters. The minimum atomic E-state index is -4.00. The Labute approximate surface area is 138 Å². The zero-order valence-corrected chi connectivity index (χ0v) is 13.6. The number of fused-ring (bicyclic) bond motifs is 1. The molecule has 1 aliphatic rings. The Balaban J connectivity index is 1.82. The van der Waals surface area contributed by atoms with Crippen molar-refractivity contribution in [1.82, 2.24) is 4.72 Å². The highest BCUT2D eigenvalue weighted by atomic mass is 32.2. The molecule has 0 radical (unpaired) electrons. The van der Waals surface area contributed by atoms with E-state index in [1.54, 1.807) is 25.1 Å². The molecule has 0 spiro atoms. The average Bonchev–Trinajstić information content (AvgIpc) is 2.56. The predicted octanol–water partition coefficient (Wildman–Crippen LogP) is 2.78. The molecule has 24 heavy (non-hydrogen) atoms. The molecule has 1 aliphatic heterocycles. The molecule has 0 bridgehead atoms. The molecule has 0 fully saturated rings. The number of sulfonamides is 1. The first-order valence-corrected chi connectivity index (χ1v) is 8.72. The fourth-order valence-electron chi connectivity index (χ4n) is 2.34. The van der Waals surface area contributed by atoms with E-state index in [2.05, 4.69) is 4.72 Å². The van der Waals surface area contributed by atoms with Gasteiger partial charge < -0.3 is 9.47 Å². The average molecular weight is 355 g/mol. The van der Waals surface area contributed by atoms with Gasteiger partial charge in [0.1, 0.15) is 13.2 Å². The molecular weight excluding hydrogens is 340 g/mol. The van der Waals surface area contributed by atoms with Crippen molar-refractivity contribution in [3.63, 3.8) is 0 Å². The summed E-state index contributed by atoms with van der Waals surface area (Å²) in [5.74, 6) is -1.18. The van der Waals surface area contributed by atoms with Gasteiger partial charge in [0.15, 0.2) is 23.1 Å².